The van der Waals surface area contributed by atoms with Crippen molar-refractivity contribution in [1.29, 1.82) is 0 Å². The summed E-state index contributed by atoms with van der Waals surface area (Å²) in [5, 5.41) is 4.62. The first-order chi connectivity index (χ1) is 11.2. The van der Waals surface area contributed by atoms with E-state index in [1.807, 2.05) is 35.8 Å². The Bertz CT molecular complexity index is 853. The molecule has 3 aromatic rings. The summed E-state index contributed by atoms with van der Waals surface area (Å²) in [6.07, 6.45) is 3.67. The van der Waals surface area contributed by atoms with Gasteiger partial charge in [0.1, 0.15) is 11.3 Å². The van der Waals surface area contributed by atoms with Gasteiger partial charge in [0.05, 0.1) is 13.2 Å². The number of fused-ring (bicyclic) bond motifs is 1. The molecule has 4 rings (SSSR count). The van der Waals surface area contributed by atoms with E-state index in [9.17, 15) is 0 Å². The zero-order valence-electron chi connectivity index (χ0n) is 12.9. The molecule has 0 spiro atoms. The van der Waals surface area contributed by atoms with Crippen LogP contribution in [0.5, 0.6) is 0 Å². The summed E-state index contributed by atoms with van der Waals surface area (Å²) in [4.78, 5) is 11.2. The van der Waals surface area contributed by atoms with Gasteiger partial charge in [0.15, 0.2) is 11.6 Å². The van der Waals surface area contributed by atoms with Crippen molar-refractivity contribution in [3.05, 3.63) is 36.2 Å². The smallest absolute Gasteiger partial charge is 0.183 e. The van der Waals surface area contributed by atoms with Gasteiger partial charge >= 0.3 is 0 Å². The van der Waals surface area contributed by atoms with E-state index in [4.69, 9.17) is 15.5 Å². The lowest BCUT2D eigenvalue weighted by Crippen LogP contribution is -2.37. The molecule has 2 N–H and O–H groups in total. The third kappa shape index (κ3) is 2.49. The van der Waals surface area contributed by atoms with Gasteiger partial charge in [0.2, 0.25) is 0 Å². The summed E-state index contributed by atoms with van der Waals surface area (Å²) in [6.45, 7) is 5.08. The second-order valence-corrected chi connectivity index (χ2v) is 5.62. The zero-order valence-corrected chi connectivity index (χ0v) is 12.9. The number of ether oxygens (including phenoxy) is 1. The number of hydrogen-bond donors (Lipinski definition) is 1. The predicted molar refractivity (Wildman–Crippen MR) is 88.4 cm³/mol. The molecule has 23 heavy (non-hydrogen) atoms. The van der Waals surface area contributed by atoms with Gasteiger partial charge in [-0.25, -0.2) is 14.5 Å². The number of nitrogen functional groups attached to an aromatic ring is 1. The molecule has 1 aliphatic rings. The van der Waals surface area contributed by atoms with Crippen LogP contribution in [0.2, 0.25) is 0 Å². The minimum atomic E-state index is 0.502. The van der Waals surface area contributed by atoms with Gasteiger partial charge in [-0.1, -0.05) is 0 Å². The van der Waals surface area contributed by atoms with Crippen LogP contribution in [0.1, 0.15) is 5.56 Å². The number of rotatable bonds is 2. The number of anilines is 2. The molecular formula is C16H18N6O. The molecule has 0 bridgehead atoms. The molecule has 118 valence electrons. The Labute approximate surface area is 133 Å². The standard InChI is InChI=1S/C16H18N6O/c1-11-9-14(17)18-10-12(11)15-19-16(21-5-7-23-8-6-21)13-3-2-4-22(13)20-15/h2-4,9-10H,5-8H2,1H3,(H2,17,18). The van der Waals surface area contributed by atoms with Gasteiger partial charge in [-0.2, -0.15) is 0 Å². The Kier molecular flexibility index (Phi) is 3.34. The molecule has 0 aliphatic carbocycles. The first-order valence-electron chi connectivity index (χ1n) is 7.63. The average Bonchev–Trinajstić information content (AvgIpc) is 3.03. The van der Waals surface area contributed by atoms with Crippen molar-refractivity contribution in [2.75, 3.05) is 36.9 Å². The molecule has 0 unspecified atom stereocenters. The van der Waals surface area contributed by atoms with Gasteiger partial charge in [-0.05, 0) is 30.7 Å². The summed E-state index contributed by atoms with van der Waals surface area (Å²) in [7, 11) is 0. The van der Waals surface area contributed by atoms with E-state index in [1.54, 1.807) is 6.20 Å². The summed E-state index contributed by atoms with van der Waals surface area (Å²) in [5.41, 5.74) is 8.65. The fourth-order valence-corrected chi connectivity index (χ4v) is 2.85. The van der Waals surface area contributed by atoms with Gasteiger partial charge in [0.25, 0.3) is 0 Å². The van der Waals surface area contributed by atoms with Crippen LogP contribution in [0, 0.1) is 6.92 Å². The highest BCUT2D eigenvalue weighted by atomic mass is 16.5. The van der Waals surface area contributed by atoms with E-state index in [1.165, 1.54) is 0 Å². The van der Waals surface area contributed by atoms with Crippen LogP contribution in [0.3, 0.4) is 0 Å². The highest BCUT2D eigenvalue weighted by Crippen LogP contribution is 2.26. The fraction of sp³-hybridized carbons (Fsp3) is 0.312. The highest BCUT2D eigenvalue weighted by molar-refractivity contribution is 5.72. The Balaban J connectivity index is 1.87. The van der Waals surface area contributed by atoms with E-state index in [0.29, 0.717) is 24.9 Å². The Morgan fingerprint density at radius 2 is 2.09 bits per heavy atom. The van der Waals surface area contributed by atoms with Gasteiger partial charge in [-0.3, -0.25) is 0 Å². The number of hydrogen-bond acceptors (Lipinski definition) is 6. The van der Waals surface area contributed by atoms with Crippen LogP contribution in [-0.4, -0.2) is 45.9 Å². The molecule has 7 heteroatoms. The van der Waals surface area contributed by atoms with Crippen LogP contribution >= 0.6 is 0 Å². The molecule has 0 amide bonds. The third-order valence-corrected chi connectivity index (χ3v) is 4.06. The van der Waals surface area contributed by atoms with E-state index in [-0.39, 0.29) is 0 Å². The molecule has 4 heterocycles. The first kappa shape index (κ1) is 14.0. The van der Waals surface area contributed by atoms with Crippen molar-refractivity contribution in [2.24, 2.45) is 0 Å². The number of morpholine rings is 1. The van der Waals surface area contributed by atoms with Crippen molar-refractivity contribution in [3.63, 3.8) is 0 Å². The number of aromatic nitrogens is 4. The van der Waals surface area contributed by atoms with Crippen LogP contribution < -0.4 is 10.6 Å². The molecule has 0 radical (unpaired) electrons. The van der Waals surface area contributed by atoms with Crippen LogP contribution in [0.25, 0.3) is 16.9 Å². The van der Waals surface area contributed by atoms with Crippen LogP contribution in [0.15, 0.2) is 30.6 Å². The van der Waals surface area contributed by atoms with Crippen molar-refractivity contribution in [3.8, 4) is 11.4 Å². The largest absolute Gasteiger partial charge is 0.384 e. The second kappa shape index (κ2) is 5.51. The SMILES string of the molecule is Cc1cc(N)ncc1-c1nc(N2CCOCC2)c2cccn2n1. The maximum Gasteiger partial charge on any atom is 0.183 e. The van der Waals surface area contributed by atoms with E-state index in [2.05, 4.69) is 15.0 Å². The van der Waals surface area contributed by atoms with E-state index in [0.717, 1.165) is 35.6 Å². The van der Waals surface area contributed by atoms with Gasteiger partial charge < -0.3 is 15.4 Å². The van der Waals surface area contributed by atoms with E-state index < -0.39 is 0 Å². The minimum Gasteiger partial charge on any atom is -0.384 e. The average molecular weight is 310 g/mol. The molecule has 0 atom stereocenters. The van der Waals surface area contributed by atoms with Crippen molar-refractivity contribution in [2.45, 2.75) is 6.92 Å². The molecule has 1 saturated heterocycles. The number of pyridine rings is 1. The zero-order chi connectivity index (χ0) is 15.8. The monoisotopic (exact) mass is 310 g/mol. The number of nitrogens with two attached hydrogens (primary N) is 1. The molecule has 0 aromatic carbocycles. The maximum atomic E-state index is 5.75. The number of aryl methyl sites for hydroxylation is 1. The van der Waals surface area contributed by atoms with Crippen LogP contribution in [-0.2, 0) is 4.74 Å². The molecule has 1 fully saturated rings. The summed E-state index contributed by atoms with van der Waals surface area (Å²) in [5.74, 6) is 2.08. The highest BCUT2D eigenvalue weighted by Gasteiger charge is 2.18. The molecule has 3 aromatic heterocycles. The lowest BCUT2D eigenvalue weighted by atomic mass is 10.1. The molecule has 1 aliphatic heterocycles. The lowest BCUT2D eigenvalue weighted by molar-refractivity contribution is 0.122. The van der Waals surface area contributed by atoms with Crippen LogP contribution in [0.4, 0.5) is 11.6 Å². The summed E-state index contributed by atoms with van der Waals surface area (Å²) >= 11 is 0. The Morgan fingerprint density at radius 3 is 2.87 bits per heavy atom. The maximum absolute atomic E-state index is 5.75. The van der Waals surface area contributed by atoms with Gasteiger partial charge in [-0.15, -0.1) is 5.10 Å². The fourth-order valence-electron chi connectivity index (χ4n) is 2.85. The third-order valence-electron chi connectivity index (χ3n) is 4.06. The molecular weight excluding hydrogens is 292 g/mol. The van der Waals surface area contributed by atoms with Gasteiger partial charge in [0, 0.05) is 31.0 Å². The quantitative estimate of drug-likeness (QED) is 0.773. The summed E-state index contributed by atoms with van der Waals surface area (Å²) < 4.78 is 7.31. The molecule has 7 nitrogen and oxygen atoms in total. The minimum absolute atomic E-state index is 0.502. The summed E-state index contributed by atoms with van der Waals surface area (Å²) in [6, 6.07) is 5.85. The lowest BCUT2D eigenvalue weighted by Gasteiger charge is -2.28. The molecule has 0 saturated carbocycles. The Morgan fingerprint density at radius 1 is 1.26 bits per heavy atom. The van der Waals surface area contributed by atoms with Crippen molar-refractivity contribution in [1.82, 2.24) is 19.6 Å². The normalized spacial score (nSPS) is 15.3. The Hall–Kier alpha value is -2.67. The van der Waals surface area contributed by atoms with Crippen molar-refractivity contribution < 1.29 is 4.74 Å². The second-order valence-electron chi connectivity index (χ2n) is 5.62. The van der Waals surface area contributed by atoms with E-state index >= 15 is 0 Å². The predicted octanol–water partition coefficient (Wildman–Crippen LogP) is 1.52. The first-order valence-corrected chi connectivity index (χ1v) is 7.63. The topological polar surface area (TPSA) is 81.6 Å². The van der Waals surface area contributed by atoms with Crippen molar-refractivity contribution >= 4 is 17.2 Å². The number of nitrogens with zero attached hydrogens (tertiary/aromatic N) is 5.